The van der Waals surface area contributed by atoms with E-state index in [2.05, 4.69) is 5.32 Å². The van der Waals surface area contributed by atoms with Crippen LogP contribution in [-0.4, -0.2) is 41.9 Å². The van der Waals surface area contributed by atoms with E-state index in [-0.39, 0.29) is 24.2 Å². The third-order valence-corrected chi connectivity index (χ3v) is 5.19. The van der Waals surface area contributed by atoms with E-state index < -0.39 is 5.97 Å². The molecule has 1 heterocycles. The van der Waals surface area contributed by atoms with E-state index in [0.29, 0.717) is 30.4 Å². The fourth-order valence-corrected chi connectivity index (χ4v) is 3.84. The van der Waals surface area contributed by atoms with Crippen LogP contribution in [0.1, 0.15) is 55.8 Å². The highest BCUT2D eigenvalue weighted by molar-refractivity contribution is 5.98. The molecule has 1 unspecified atom stereocenters. The summed E-state index contributed by atoms with van der Waals surface area (Å²) in [4.78, 5) is 38.6. The number of rotatable bonds is 5. The molecule has 6 nitrogen and oxygen atoms in total. The average molecular weight is 358 g/mol. The van der Waals surface area contributed by atoms with Gasteiger partial charge in [-0.2, -0.15) is 0 Å². The van der Waals surface area contributed by atoms with Crippen molar-refractivity contribution in [2.75, 3.05) is 18.5 Å². The number of esters is 1. The van der Waals surface area contributed by atoms with Crippen molar-refractivity contribution in [3.8, 4) is 0 Å². The third-order valence-electron chi connectivity index (χ3n) is 5.19. The van der Waals surface area contributed by atoms with Crippen LogP contribution in [0.2, 0.25) is 0 Å². The number of hydrogen-bond donors (Lipinski definition) is 1. The molecule has 0 bridgehead atoms. The predicted molar refractivity (Wildman–Crippen MR) is 97.7 cm³/mol. The number of nitrogens with zero attached hydrogens (tertiary/aromatic N) is 1. The van der Waals surface area contributed by atoms with Gasteiger partial charge >= 0.3 is 5.97 Å². The normalized spacial score (nSPS) is 20.9. The van der Waals surface area contributed by atoms with Crippen molar-refractivity contribution < 1.29 is 19.1 Å². The zero-order valence-electron chi connectivity index (χ0n) is 15.2. The predicted octanol–water partition coefficient (Wildman–Crippen LogP) is 2.98. The van der Waals surface area contributed by atoms with Crippen LogP contribution in [0, 0.1) is 5.92 Å². The van der Waals surface area contributed by atoms with Crippen LogP contribution >= 0.6 is 0 Å². The summed E-state index contributed by atoms with van der Waals surface area (Å²) in [6, 6.07) is 6.98. The molecule has 1 saturated carbocycles. The Morgan fingerprint density at radius 1 is 1.23 bits per heavy atom. The van der Waals surface area contributed by atoms with E-state index in [1.165, 1.54) is 6.42 Å². The number of nitrogens with one attached hydrogen (secondary N) is 1. The Kier molecular flexibility index (Phi) is 5.91. The number of amides is 2. The van der Waals surface area contributed by atoms with Gasteiger partial charge in [0.05, 0.1) is 18.1 Å². The monoisotopic (exact) mass is 358 g/mol. The van der Waals surface area contributed by atoms with Crippen LogP contribution < -0.4 is 5.32 Å². The van der Waals surface area contributed by atoms with Crippen LogP contribution in [0.25, 0.3) is 0 Å². The molecule has 0 spiro atoms. The van der Waals surface area contributed by atoms with Gasteiger partial charge in [-0.05, 0) is 38.0 Å². The molecule has 1 aliphatic heterocycles. The summed E-state index contributed by atoms with van der Waals surface area (Å²) >= 11 is 0. The molecule has 2 aliphatic rings. The number of benzene rings is 1. The second-order valence-electron chi connectivity index (χ2n) is 7.03. The zero-order chi connectivity index (χ0) is 18.5. The molecule has 1 N–H and O–H groups in total. The van der Waals surface area contributed by atoms with E-state index in [4.69, 9.17) is 4.74 Å². The lowest BCUT2D eigenvalue weighted by molar-refractivity contribution is -0.130. The summed E-state index contributed by atoms with van der Waals surface area (Å²) < 4.78 is 4.98. The fraction of sp³-hybridized carbons (Fsp3) is 0.550. The van der Waals surface area contributed by atoms with Crippen molar-refractivity contribution >= 4 is 23.5 Å². The molecule has 2 fully saturated rings. The molecule has 1 atom stereocenters. The minimum atomic E-state index is -0.414. The van der Waals surface area contributed by atoms with Gasteiger partial charge in [0.25, 0.3) is 0 Å². The van der Waals surface area contributed by atoms with Crippen LogP contribution in [0.4, 0.5) is 5.69 Å². The second kappa shape index (κ2) is 8.34. The minimum absolute atomic E-state index is 0.0809. The van der Waals surface area contributed by atoms with E-state index in [9.17, 15) is 14.4 Å². The maximum Gasteiger partial charge on any atom is 0.338 e. The van der Waals surface area contributed by atoms with Gasteiger partial charge in [0, 0.05) is 24.7 Å². The first-order chi connectivity index (χ1) is 12.6. The lowest BCUT2D eigenvalue weighted by Gasteiger charge is -2.31. The number of carbonyl (C=O) groups is 3. The zero-order valence-corrected chi connectivity index (χ0v) is 15.2. The van der Waals surface area contributed by atoms with Gasteiger partial charge in [-0.15, -0.1) is 0 Å². The summed E-state index contributed by atoms with van der Waals surface area (Å²) in [7, 11) is 0. The summed E-state index contributed by atoms with van der Waals surface area (Å²) in [5.74, 6) is -0.839. The van der Waals surface area contributed by atoms with Gasteiger partial charge in [0.2, 0.25) is 11.8 Å². The molecule has 140 valence electrons. The Balaban J connectivity index is 1.61. The Morgan fingerprint density at radius 2 is 2.00 bits per heavy atom. The Morgan fingerprint density at radius 3 is 2.73 bits per heavy atom. The lowest BCUT2D eigenvalue weighted by Crippen LogP contribution is -2.38. The molecule has 1 aliphatic carbocycles. The molecule has 2 amide bonds. The van der Waals surface area contributed by atoms with Gasteiger partial charge in [0.1, 0.15) is 0 Å². The first kappa shape index (κ1) is 18.4. The van der Waals surface area contributed by atoms with Crippen molar-refractivity contribution in [1.29, 1.82) is 0 Å². The maximum atomic E-state index is 12.6. The first-order valence-corrected chi connectivity index (χ1v) is 9.46. The molecule has 0 radical (unpaired) electrons. The highest BCUT2D eigenvalue weighted by Gasteiger charge is 2.38. The van der Waals surface area contributed by atoms with E-state index in [1.54, 1.807) is 31.2 Å². The van der Waals surface area contributed by atoms with E-state index in [0.717, 1.165) is 25.7 Å². The Bertz CT molecular complexity index is 682. The minimum Gasteiger partial charge on any atom is -0.462 e. The smallest absolute Gasteiger partial charge is 0.338 e. The van der Waals surface area contributed by atoms with Crippen molar-refractivity contribution in [3.63, 3.8) is 0 Å². The van der Waals surface area contributed by atoms with Crippen molar-refractivity contribution in [1.82, 2.24) is 4.90 Å². The summed E-state index contributed by atoms with van der Waals surface area (Å²) in [5, 5.41) is 2.84. The number of ether oxygens (including phenoxy) is 1. The second-order valence-corrected chi connectivity index (χ2v) is 7.03. The summed E-state index contributed by atoms with van der Waals surface area (Å²) in [6.45, 7) is 2.54. The van der Waals surface area contributed by atoms with Crippen LogP contribution in [-0.2, 0) is 14.3 Å². The Labute approximate surface area is 153 Å². The summed E-state index contributed by atoms with van der Waals surface area (Å²) in [6.07, 6.45) is 5.90. The largest absolute Gasteiger partial charge is 0.462 e. The number of likely N-dealkylation sites (tertiary alicyclic amines) is 1. The van der Waals surface area contributed by atoms with Crippen molar-refractivity contribution in [2.45, 2.75) is 51.5 Å². The molecular formula is C20H26N2O4. The van der Waals surface area contributed by atoms with Crippen molar-refractivity contribution in [2.24, 2.45) is 5.92 Å². The van der Waals surface area contributed by atoms with Gasteiger partial charge in [-0.25, -0.2) is 4.79 Å². The fourth-order valence-electron chi connectivity index (χ4n) is 3.84. The molecule has 1 aromatic carbocycles. The third kappa shape index (κ3) is 4.23. The molecular weight excluding hydrogens is 332 g/mol. The highest BCUT2D eigenvalue weighted by Crippen LogP contribution is 2.29. The standard InChI is InChI=1S/C20H26N2O4/c1-2-26-20(25)14-7-6-8-16(11-14)21-19(24)15-12-18(23)22(13-15)17-9-4-3-5-10-17/h6-8,11,15,17H,2-5,9-10,12-13H2,1H3,(H,21,24). The van der Waals surface area contributed by atoms with E-state index in [1.807, 2.05) is 4.90 Å². The van der Waals surface area contributed by atoms with Crippen LogP contribution in [0.5, 0.6) is 0 Å². The average Bonchev–Trinajstić information content (AvgIpc) is 3.05. The number of hydrogen-bond acceptors (Lipinski definition) is 4. The molecule has 1 saturated heterocycles. The molecule has 6 heteroatoms. The summed E-state index contributed by atoms with van der Waals surface area (Å²) in [5.41, 5.74) is 0.945. The van der Waals surface area contributed by atoms with Gasteiger partial charge in [0.15, 0.2) is 0 Å². The first-order valence-electron chi connectivity index (χ1n) is 9.46. The SMILES string of the molecule is CCOC(=O)c1cccc(NC(=O)C2CC(=O)N(C3CCCCC3)C2)c1. The van der Waals surface area contributed by atoms with Gasteiger partial charge < -0.3 is 15.0 Å². The Hall–Kier alpha value is -2.37. The number of anilines is 1. The van der Waals surface area contributed by atoms with Crippen LogP contribution in [0.15, 0.2) is 24.3 Å². The van der Waals surface area contributed by atoms with E-state index >= 15 is 0 Å². The van der Waals surface area contributed by atoms with Gasteiger partial charge in [-0.1, -0.05) is 25.3 Å². The lowest BCUT2D eigenvalue weighted by atomic mass is 9.94. The highest BCUT2D eigenvalue weighted by atomic mass is 16.5. The maximum absolute atomic E-state index is 12.6. The molecule has 3 rings (SSSR count). The van der Waals surface area contributed by atoms with Crippen LogP contribution in [0.3, 0.4) is 0 Å². The quantitative estimate of drug-likeness (QED) is 0.821. The molecule has 0 aromatic heterocycles. The van der Waals surface area contributed by atoms with Gasteiger partial charge in [-0.3, -0.25) is 9.59 Å². The molecule has 26 heavy (non-hydrogen) atoms. The number of carbonyl (C=O) groups excluding carboxylic acids is 3. The molecule has 1 aromatic rings. The topological polar surface area (TPSA) is 75.7 Å². The van der Waals surface area contributed by atoms with Crippen molar-refractivity contribution in [3.05, 3.63) is 29.8 Å².